The van der Waals surface area contributed by atoms with Crippen LogP contribution in [0.1, 0.15) is 40.0 Å². The fourth-order valence-corrected chi connectivity index (χ4v) is 1.57. The van der Waals surface area contributed by atoms with Crippen molar-refractivity contribution in [3.05, 3.63) is 0 Å². The molecule has 0 spiro atoms. The summed E-state index contributed by atoms with van der Waals surface area (Å²) in [6, 6.07) is 0. The fraction of sp³-hybridized carbons (Fsp3) is 0.818. The summed E-state index contributed by atoms with van der Waals surface area (Å²) in [5, 5.41) is 2.64. The van der Waals surface area contributed by atoms with Gasteiger partial charge in [-0.1, -0.05) is 0 Å². The van der Waals surface area contributed by atoms with Crippen LogP contribution in [0.5, 0.6) is 0 Å². The van der Waals surface area contributed by atoms with E-state index in [2.05, 4.69) is 5.32 Å². The van der Waals surface area contributed by atoms with E-state index in [1.54, 1.807) is 20.8 Å². The average molecular weight is 228 g/mol. The Hall–Kier alpha value is -1.10. The quantitative estimate of drug-likeness (QED) is 0.500. The monoisotopic (exact) mass is 228 g/mol. The standard InChI is InChI=1S/C11H20N2O3/c1-10(2,3)16-9(15)11(12)6-4-5-7-13-8(11)14/h4-7,12H2,1-3H3,(H,13,14). The largest absolute Gasteiger partial charge is 0.458 e. The van der Waals surface area contributed by atoms with Crippen LogP contribution in [0.2, 0.25) is 0 Å². The van der Waals surface area contributed by atoms with Crippen molar-refractivity contribution >= 4 is 11.9 Å². The van der Waals surface area contributed by atoms with E-state index in [1.807, 2.05) is 0 Å². The molecule has 1 aliphatic heterocycles. The number of esters is 1. The van der Waals surface area contributed by atoms with Crippen LogP contribution >= 0.6 is 0 Å². The number of carbonyl (C=O) groups is 2. The van der Waals surface area contributed by atoms with E-state index in [0.29, 0.717) is 13.0 Å². The van der Waals surface area contributed by atoms with Gasteiger partial charge in [-0.25, -0.2) is 4.79 Å². The van der Waals surface area contributed by atoms with Gasteiger partial charge in [-0.15, -0.1) is 0 Å². The number of amides is 1. The number of nitrogens with two attached hydrogens (primary N) is 1. The number of hydrogen-bond donors (Lipinski definition) is 2. The summed E-state index contributed by atoms with van der Waals surface area (Å²) in [7, 11) is 0. The number of nitrogens with one attached hydrogen (secondary N) is 1. The van der Waals surface area contributed by atoms with Crippen molar-refractivity contribution in [1.82, 2.24) is 5.32 Å². The van der Waals surface area contributed by atoms with Crippen LogP contribution in [-0.4, -0.2) is 29.6 Å². The highest BCUT2D eigenvalue weighted by Crippen LogP contribution is 2.20. The van der Waals surface area contributed by atoms with Crippen LogP contribution in [0.25, 0.3) is 0 Å². The molecule has 3 N–H and O–H groups in total. The second kappa shape index (κ2) is 4.41. The molecule has 16 heavy (non-hydrogen) atoms. The lowest BCUT2D eigenvalue weighted by Gasteiger charge is -2.28. The van der Waals surface area contributed by atoms with E-state index < -0.39 is 23.0 Å². The van der Waals surface area contributed by atoms with Gasteiger partial charge in [-0.2, -0.15) is 0 Å². The zero-order chi connectivity index (χ0) is 12.4. The summed E-state index contributed by atoms with van der Waals surface area (Å²) in [6.45, 7) is 5.83. The first-order chi connectivity index (χ1) is 7.26. The van der Waals surface area contributed by atoms with Crippen molar-refractivity contribution < 1.29 is 14.3 Å². The maximum Gasteiger partial charge on any atom is 0.336 e. The topological polar surface area (TPSA) is 81.4 Å². The molecular weight excluding hydrogens is 208 g/mol. The SMILES string of the molecule is CC(C)(C)OC(=O)C1(N)CCCCNC1=O. The Morgan fingerprint density at radius 2 is 2.06 bits per heavy atom. The highest BCUT2D eigenvalue weighted by atomic mass is 16.6. The lowest BCUT2D eigenvalue weighted by Crippen LogP contribution is -2.60. The van der Waals surface area contributed by atoms with E-state index >= 15 is 0 Å². The van der Waals surface area contributed by atoms with Gasteiger partial charge in [0.1, 0.15) is 5.60 Å². The van der Waals surface area contributed by atoms with Gasteiger partial charge in [0.15, 0.2) is 5.54 Å². The smallest absolute Gasteiger partial charge is 0.336 e. The number of ether oxygens (including phenoxy) is 1. The van der Waals surface area contributed by atoms with Gasteiger partial charge in [0, 0.05) is 6.54 Å². The van der Waals surface area contributed by atoms with Crippen molar-refractivity contribution in [1.29, 1.82) is 0 Å². The van der Waals surface area contributed by atoms with Crippen molar-refractivity contribution in [3.63, 3.8) is 0 Å². The predicted molar refractivity (Wildman–Crippen MR) is 59.6 cm³/mol. The van der Waals surface area contributed by atoms with Gasteiger partial charge in [0.2, 0.25) is 0 Å². The fourth-order valence-electron chi connectivity index (χ4n) is 1.57. The minimum atomic E-state index is -1.52. The zero-order valence-corrected chi connectivity index (χ0v) is 10.1. The Morgan fingerprint density at radius 3 is 2.62 bits per heavy atom. The Kier molecular flexibility index (Phi) is 3.57. The van der Waals surface area contributed by atoms with Crippen LogP contribution in [0, 0.1) is 0 Å². The van der Waals surface area contributed by atoms with Gasteiger partial charge in [-0.05, 0) is 40.0 Å². The highest BCUT2D eigenvalue weighted by molar-refractivity contribution is 6.07. The average Bonchev–Trinajstić information content (AvgIpc) is 2.28. The molecule has 1 rings (SSSR count). The molecule has 0 saturated carbocycles. The molecule has 1 saturated heterocycles. The third kappa shape index (κ3) is 2.95. The van der Waals surface area contributed by atoms with Crippen molar-refractivity contribution in [2.45, 2.75) is 51.2 Å². The molecule has 1 unspecified atom stereocenters. The maximum absolute atomic E-state index is 11.9. The van der Waals surface area contributed by atoms with Crippen molar-refractivity contribution in [3.8, 4) is 0 Å². The minimum absolute atomic E-state index is 0.341. The molecule has 92 valence electrons. The number of hydrogen-bond acceptors (Lipinski definition) is 4. The van der Waals surface area contributed by atoms with Gasteiger partial charge in [-0.3, -0.25) is 4.79 Å². The third-order valence-corrected chi connectivity index (χ3v) is 2.45. The van der Waals surface area contributed by atoms with E-state index in [4.69, 9.17) is 10.5 Å². The highest BCUT2D eigenvalue weighted by Gasteiger charge is 2.45. The van der Waals surface area contributed by atoms with E-state index in [0.717, 1.165) is 12.8 Å². The van der Waals surface area contributed by atoms with Gasteiger partial charge < -0.3 is 15.8 Å². The van der Waals surface area contributed by atoms with Gasteiger partial charge in [0.25, 0.3) is 5.91 Å². The lowest BCUT2D eigenvalue weighted by molar-refractivity contribution is -0.164. The molecule has 1 aliphatic rings. The first-order valence-corrected chi connectivity index (χ1v) is 5.56. The van der Waals surface area contributed by atoms with Gasteiger partial charge in [0.05, 0.1) is 0 Å². The van der Waals surface area contributed by atoms with E-state index in [9.17, 15) is 9.59 Å². The molecule has 0 bridgehead atoms. The molecule has 0 radical (unpaired) electrons. The van der Waals surface area contributed by atoms with E-state index in [1.165, 1.54) is 0 Å². The molecule has 0 aliphatic carbocycles. The van der Waals surface area contributed by atoms with Crippen LogP contribution in [0.4, 0.5) is 0 Å². The van der Waals surface area contributed by atoms with Crippen molar-refractivity contribution in [2.24, 2.45) is 5.73 Å². The molecule has 0 aromatic rings. The Balaban J connectivity index is 2.81. The zero-order valence-electron chi connectivity index (χ0n) is 10.1. The first kappa shape index (κ1) is 13.0. The second-order valence-electron chi connectivity index (χ2n) is 5.19. The molecule has 1 heterocycles. The number of rotatable bonds is 1. The van der Waals surface area contributed by atoms with Gasteiger partial charge >= 0.3 is 5.97 Å². The normalized spacial score (nSPS) is 26.9. The third-order valence-electron chi connectivity index (χ3n) is 2.45. The summed E-state index contributed by atoms with van der Waals surface area (Å²) < 4.78 is 5.18. The molecule has 1 atom stereocenters. The van der Waals surface area contributed by atoms with Crippen LogP contribution in [0.15, 0.2) is 0 Å². The number of carbonyl (C=O) groups excluding carboxylic acids is 2. The Labute approximate surface area is 95.7 Å². The molecule has 5 heteroatoms. The van der Waals surface area contributed by atoms with Crippen LogP contribution in [-0.2, 0) is 14.3 Å². The van der Waals surface area contributed by atoms with E-state index in [-0.39, 0.29) is 0 Å². The molecule has 0 aromatic heterocycles. The Bertz CT molecular complexity index is 296. The summed E-state index contributed by atoms with van der Waals surface area (Å²) in [4.78, 5) is 23.6. The first-order valence-electron chi connectivity index (χ1n) is 5.56. The lowest BCUT2D eigenvalue weighted by atomic mass is 9.94. The molecule has 1 fully saturated rings. The van der Waals surface area contributed by atoms with Crippen molar-refractivity contribution in [2.75, 3.05) is 6.54 Å². The predicted octanol–water partition coefficient (Wildman–Crippen LogP) is 0.326. The van der Waals surface area contributed by atoms with Crippen LogP contribution < -0.4 is 11.1 Å². The Morgan fingerprint density at radius 1 is 1.44 bits per heavy atom. The second-order valence-corrected chi connectivity index (χ2v) is 5.19. The molecule has 1 amide bonds. The molecule has 5 nitrogen and oxygen atoms in total. The maximum atomic E-state index is 11.9. The molecular formula is C11H20N2O3. The molecule has 0 aromatic carbocycles. The summed E-state index contributed by atoms with van der Waals surface area (Å²) in [6.07, 6.45) is 1.93. The summed E-state index contributed by atoms with van der Waals surface area (Å²) in [5.74, 6) is -1.07. The summed E-state index contributed by atoms with van der Waals surface area (Å²) >= 11 is 0. The summed E-state index contributed by atoms with van der Waals surface area (Å²) in [5.41, 5.74) is 3.71. The minimum Gasteiger partial charge on any atom is -0.458 e. The van der Waals surface area contributed by atoms with Crippen LogP contribution in [0.3, 0.4) is 0 Å².